The zero-order chi connectivity index (χ0) is 25.9. The zero-order valence-electron chi connectivity index (χ0n) is 21.3. The van der Waals surface area contributed by atoms with Gasteiger partial charge in [0.05, 0.1) is 42.5 Å². The molecule has 2 saturated heterocycles. The highest BCUT2D eigenvalue weighted by Gasteiger charge is 2.25. The molecule has 0 unspecified atom stereocenters. The lowest BCUT2D eigenvalue weighted by Gasteiger charge is -2.30. The summed E-state index contributed by atoms with van der Waals surface area (Å²) < 4.78 is 20.2. The smallest absolute Gasteiger partial charge is 0.223 e. The van der Waals surface area contributed by atoms with E-state index in [1.54, 1.807) is 0 Å². The van der Waals surface area contributed by atoms with Crippen LogP contribution in [0.4, 0.5) is 10.3 Å². The molecule has 0 radical (unpaired) electrons. The fraction of sp³-hybridized carbons (Fsp3) is 0.500. The van der Waals surface area contributed by atoms with Gasteiger partial charge in [0.15, 0.2) is 5.82 Å². The van der Waals surface area contributed by atoms with Gasteiger partial charge in [0.1, 0.15) is 5.69 Å². The average Bonchev–Trinajstić information content (AvgIpc) is 2.90. The van der Waals surface area contributed by atoms with Crippen LogP contribution >= 0.6 is 0 Å². The van der Waals surface area contributed by atoms with E-state index in [0.717, 1.165) is 48.9 Å². The number of benzene rings is 1. The van der Waals surface area contributed by atoms with Crippen LogP contribution in [0.15, 0.2) is 30.6 Å². The Morgan fingerprint density at radius 1 is 1.27 bits per heavy atom. The number of piperidine rings is 1. The number of pyridine rings is 1. The van der Waals surface area contributed by atoms with Crippen LogP contribution in [-0.4, -0.2) is 63.4 Å². The Hall–Kier alpha value is -3.19. The maximum atomic E-state index is 15.0. The Balaban J connectivity index is 1.48. The third-order valence-corrected chi connectivity index (χ3v) is 7.31. The van der Waals surface area contributed by atoms with E-state index in [1.165, 1.54) is 11.8 Å². The topological polar surface area (TPSA) is 107 Å². The second kappa shape index (κ2) is 11.1. The quantitative estimate of drug-likeness (QED) is 0.513. The molecule has 2 N–H and O–H groups in total. The molecule has 2 aliphatic heterocycles. The largest absolute Gasteiger partial charge is 0.389 e. The van der Waals surface area contributed by atoms with Crippen molar-refractivity contribution in [2.24, 2.45) is 5.92 Å². The Labute approximate surface area is 216 Å². The van der Waals surface area contributed by atoms with Gasteiger partial charge in [0.25, 0.3) is 0 Å². The minimum Gasteiger partial charge on any atom is -0.389 e. The monoisotopic (exact) mass is 504 g/mol. The van der Waals surface area contributed by atoms with Crippen LogP contribution in [0.2, 0.25) is 0 Å². The number of halogens is 1. The molecule has 0 saturated carbocycles. The third kappa shape index (κ3) is 5.57. The maximum Gasteiger partial charge on any atom is 0.223 e. The van der Waals surface area contributed by atoms with Crippen molar-refractivity contribution in [2.45, 2.75) is 57.7 Å². The fourth-order valence-corrected chi connectivity index (χ4v) is 5.45. The molecule has 0 spiro atoms. The third-order valence-electron chi connectivity index (χ3n) is 7.31. The van der Waals surface area contributed by atoms with Crippen molar-refractivity contribution in [3.8, 4) is 17.3 Å². The number of nitrogens with one attached hydrogen (secondary N) is 1. The lowest BCUT2D eigenvalue weighted by Crippen LogP contribution is -2.42. The molecule has 1 aromatic carbocycles. The summed E-state index contributed by atoms with van der Waals surface area (Å²) in [7, 11) is 0. The van der Waals surface area contributed by atoms with Gasteiger partial charge in [-0.3, -0.25) is 9.88 Å². The van der Waals surface area contributed by atoms with Gasteiger partial charge in [-0.1, -0.05) is 19.9 Å². The summed E-state index contributed by atoms with van der Waals surface area (Å²) in [4.78, 5) is 15.6. The molecular weight excluding hydrogens is 471 g/mol. The molecule has 2 aliphatic rings. The van der Waals surface area contributed by atoms with Gasteiger partial charge in [-0.15, -0.1) is 0 Å². The van der Waals surface area contributed by atoms with E-state index in [-0.39, 0.29) is 36.1 Å². The van der Waals surface area contributed by atoms with E-state index in [0.29, 0.717) is 18.6 Å². The molecule has 194 valence electrons. The number of aliphatic hydroxyl groups is 1. The van der Waals surface area contributed by atoms with Crippen LogP contribution < -0.4 is 5.32 Å². The number of rotatable bonds is 6. The number of aromatic nitrogens is 3. The van der Waals surface area contributed by atoms with Crippen LogP contribution in [0, 0.1) is 23.1 Å². The van der Waals surface area contributed by atoms with E-state index in [1.807, 2.05) is 24.4 Å². The lowest BCUT2D eigenvalue weighted by atomic mass is 9.91. The van der Waals surface area contributed by atoms with Crippen LogP contribution in [0.25, 0.3) is 22.2 Å². The Kier molecular flexibility index (Phi) is 7.60. The number of likely N-dealkylation sites (tertiary alicyclic amines) is 1. The summed E-state index contributed by atoms with van der Waals surface area (Å²) in [6, 6.07) is 7.87. The molecule has 4 heterocycles. The Morgan fingerprint density at radius 3 is 2.92 bits per heavy atom. The Morgan fingerprint density at radius 2 is 2.14 bits per heavy atom. The standard InChI is InChI=1S/C28H33FN6O2/c1-17(2)26-20(15-35-8-3-4-18(11-30)14-35)12-31-23-6-5-19(10-21(23)26)27-22(29)13-32-28(34-27)33-24-7-9-37-16-25(24)36/h5-6,10,12-13,17-18,24-25,36H,3-4,7-9,14-16H2,1-2H3,(H,32,33,34)/t18-,24+,25+/m0/s1. The number of hydrogen-bond donors (Lipinski definition) is 2. The summed E-state index contributed by atoms with van der Waals surface area (Å²) in [5, 5.41) is 23.7. The van der Waals surface area contributed by atoms with Gasteiger partial charge in [-0.2, -0.15) is 5.26 Å². The molecule has 2 fully saturated rings. The number of nitrogens with zero attached hydrogens (tertiary/aromatic N) is 5. The van der Waals surface area contributed by atoms with E-state index >= 15 is 0 Å². The predicted octanol–water partition coefficient (Wildman–Crippen LogP) is 4.25. The van der Waals surface area contributed by atoms with Crippen LogP contribution in [0.3, 0.4) is 0 Å². The lowest BCUT2D eigenvalue weighted by molar-refractivity contribution is -0.0136. The van der Waals surface area contributed by atoms with Crippen LogP contribution in [-0.2, 0) is 11.3 Å². The van der Waals surface area contributed by atoms with Gasteiger partial charge in [-0.05, 0) is 55.0 Å². The molecule has 0 amide bonds. The Bertz CT molecular complexity index is 1310. The van der Waals surface area contributed by atoms with Gasteiger partial charge in [-0.25, -0.2) is 14.4 Å². The summed E-state index contributed by atoms with van der Waals surface area (Å²) in [5.74, 6) is 0.0656. The van der Waals surface area contributed by atoms with Crippen molar-refractivity contribution < 1.29 is 14.2 Å². The number of ether oxygens (including phenoxy) is 1. The van der Waals surface area contributed by atoms with Gasteiger partial charge in [0.2, 0.25) is 5.95 Å². The van der Waals surface area contributed by atoms with Crippen molar-refractivity contribution in [1.82, 2.24) is 19.9 Å². The summed E-state index contributed by atoms with van der Waals surface area (Å²) in [6.45, 7) is 7.58. The van der Waals surface area contributed by atoms with Crippen molar-refractivity contribution in [1.29, 1.82) is 5.26 Å². The number of fused-ring (bicyclic) bond motifs is 1. The first kappa shape index (κ1) is 25.5. The molecule has 9 heteroatoms. The maximum absolute atomic E-state index is 15.0. The molecular formula is C28H33FN6O2. The average molecular weight is 505 g/mol. The predicted molar refractivity (Wildman–Crippen MR) is 139 cm³/mol. The summed E-state index contributed by atoms with van der Waals surface area (Å²) >= 11 is 0. The highest BCUT2D eigenvalue weighted by atomic mass is 19.1. The molecule has 8 nitrogen and oxygen atoms in total. The van der Waals surface area contributed by atoms with Crippen molar-refractivity contribution in [2.75, 3.05) is 31.6 Å². The molecule has 2 aromatic heterocycles. The summed E-state index contributed by atoms with van der Waals surface area (Å²) in [5.41, 5.74) is 4.02. The molecule has 3 atom stereocenters. The van der Waals surface area contributed by atoms with E-state index in [9.17, 15) is 14.8 Å². The molecule has 5 rings (SSSR count). The van der Waals surface area contributed by atoms with Crippen LogP contribution in [0.5, 0.6) is 0 Å². The first-order valence-corrected chi connectivity index (χ1v) is 13.0. The normalized spacial score (nSPS) is 22.8. The molecule has 0 bridgehead atoms. The van der Waals surface area contributed by atoms with E-state index < -0.39 is 11.9 Å². The van der Waals surface area contributed by atoms with E-state index in [2.05, 4.69) is 40.1 Å². The van der Waals surface area contributed by atoms with Crippen LogP contribution in [0.1, 0.15) is 50.2 Å². The van der Waals surface area contributed by atoms with Gasteiger partial charge in [0, 0.05) is 36.8 Å². The highest BCUT2D eigenvalue weighted by Crippen LogP contribution is 2.33. The van der Waals surface area contributed by atoms with Gasteiger partial charge >= 0.3 is 0 Å². The number of hydrogen-bond acceptors (Lipinski definition) is 8. The number of anilines is 1. The minimum absolute atomic E-state index is 0.0714. The number of aliphatic hydroxyl groups excluding tert-OH is 1. The molecule has 37 heavy (non-hydrogen) atoms. The van der Waals surface area contributed by atoms with E-state index in [4.69, 9.17) is 9.72 Å². The summed E-state index contributed by atoms with van der Waals surface area (Å²) in [6.07, 6.45) is 5.03. The first-order valence-electron chi connectivity index (χ1n) is 13.0. The molecule has 3 aromatic rings. The second-order valence-corrected chi connectivity index (χ2v) is 10.4. The highest BCUT2D eigenvalue weighted by molar-refractivity contribution is 5.88. The first-order chi connectivity index (χ1) is 17.9. The minimum atomic E-state index is -0.673. The van der Waals surface area contributed by atoms with Crippen molar-refractivity contribution >= 4 is 16.9 Å². The van der Waals surface area contributed by atoms with Crippen molar-refractivity contribution in [3.05, 3.63) is 47.5 Å². The van der Waals surface area contributed by atoms with Crippen molar-refractivity contribution in [3.63, 3.8) is 0 Å². The SMILES string of the molecule is CC(C)c1c(CN2CCC[C@@H](C#N)C2)cnc2ccc(-c3nc(N[C@@H]4CCOC[C@H]4O)ncc3F)cc12. The molecule has 0 aliphatic carbocycles. The zero-order valence-corrected chi connectivity index (χ0v) is 21.3. The second-order valence-electron chi connectivity index (χ2n) is 10.4. The van der Waals surface area contributed by atoms with Gasteiger partial charge < -0.3 is 15.2 Å². The number of nitriles is 1. The fourth-order valence-electron chi connectivity index (χ4n) is 5.45.